The van der Waals surface area contributed by atoms with Crippen LogP contribution in [-0.2, 0) is 4.79 Å². The lowest BCUT2D eigenvalue weighted by atomic mass is 10.3. The van der Waals surface area contributed by atoms with Crippen LogP contribution in [0.15, 0.2) is 0 Å². The van der Waals surface area contributed by atoms with E-state index in [-0.39, 0.29) is 12.6 Å². The number of urea groups is 1. The molecule has 0 aromatic heterocycles. The lowest BCUT2D eigenvalue weighted by Gasteiger charge is -2.16. The summed E-state index contributed by atoms with van der Waals surface area (Å²) in [5, 5.41) is 10.7. The van der Waals surface area contributed by atoms with Crippen molar-refractivity contribution < 1.29 is 14.7 Å². The monoisotopic (exact) mass is 200 g/mol. The molecule has 0 aliphatic heterocycles. The summed E-state index contributed by atoms with van der Waals surface area (Å²) in [5.41, 5.74) is 0. The van der Waals surface area contributed by atoms with Crippen molar-refractivity contribution in [2.75, 3.05) is 20.1 Å². The van der Waals surface area contributed by atoms with Gasteiger partial charge in [0.15, 0.2) is 0 Å². The van der Waals surface area contributed by atoms with Gasteiger partial charge in [-0.1, -0.05) is 6.92 Å². The van der Waals surface area contributed by atoms with E-state index in [4.69, 9.17) is 5.11 Å². The SMILES string of the molecule is CC1CC1CN(C)C(=O)NCC(=O)O. The van der Waals surface area contributed by atoms with E-state index in [0.717, 1.165) is 6.42 Å². The molecule has 5 heteroatoms. The van der Waals surface area contributed by atoms with Crippen LogP contribution in [0.5, 0.6) is 0 Å². The lowest BCUT2D eigenvalue weighted by molar-refractivity contribution is -0.135. The molecular formula is C9H16N2O3. The van der Waals surface area contributed by atoms with Crippen LogP contribution in [0, 0.1) is 11.8 Å². The predicted octanol–water partition coefficient (Wildman–Crippen LogP) is 0.368. The van der Waals surface area contributed by atoms with Crippen LogP contribution in [-0.4, -0.2) is 42.1 Å². The van der Waals surface area contributed by atoms with Crippen molar-refractivity contribution in [1.82, 2.24) is 10.2 Å². The van der Waals surface area contributed by atoms with Gasteiger partial charge >= 0.3 is 12.0 Å². The van der Waals surface area contributed by atoms with Crippen molar-refractivity contribution in [3.05, 3.63) is 0 Å². The van der Waals surface area contributed by atoms with Crippen LogP contribution >= 0.6 is 0 Å². The van der Waals surface area contributed by atoms with Crippen LogP contribution in [0.4, 0.5) is 4.79 Å². The Balaban J connectivity index is 2.19. The topological polar surface area (TPSA) is 69.6 Å². The number of carbonyl (C=O) groups excluding carboxylic acids is 1. The molecule has 0 aromatic carbocycles. The molecule has 80 valence electrons. The molecule has 1 rings (SSSR count). The highest BCUT2D eigenvalue weighted by atomic mass is 16.4. The Hall–Kier alpha value is -1.26. The molecule has 0 saturated heterocycles. The van der Waals surface area contributed by atoms with Crippen LogP contribution < -0.4 is 5.32 Å². The lowest BCUT2D eigenvalue weighted by Crippen LogP contribution is -2.40. The minimum absolute atomic E-state index is 0.313. The number of aliphatic carboxylic acids is 1. The summed E-state index contributed by atoms with van der Waals surface area (Å²) in [6.45, 7) is 2.55. The zero-order valence-corrected chi connectivity index (χ0v) is 8.49. The molecule has 0 bridgehead atoms. The second-order valence-corrected chi connectivity index (χ2v) is 3.91. The highest BCUT2D eigenvalue weighted by Crippen LogP contribution is 2.37. The molecule has 1 aliphatic rings. The molecule has 1 saturated carbocycles. The van der Waals surface area contributed by atoms with Crippen molar-refractivity contribution in [2.24, 2.45) is 11.8 Å². The standard InChI is InChI=1S/C9H16N2O3/c1-6-3-7(6)5-11(2)9(14)10-4-8(12)13/h6-7H,3-5H2,1-2H3,(H,10,14)(H,12,13). The molecule has 0 radical (unpaired) electrons. The normalized spacial score (nSPS) is 24.1. The fourth-order valence-corrected chi connectivity index (χ4v) is 1.37. The number of hydrogen-bond acceptors (Lipinski definition) is 2. The van der Waals surface area contributed by atoms with Gasteiger partial charge in [0, 0.05) is 13.6 Å². The zero-order chi connectivity index (χ0) is 10.7. The number of hydrogen-bond donors (Lipinski definition) is 2. The Labute approximate surface area is 83.1 Å². The molecule has 0 spiro atoms. The first-order valence-electron chi connectivity index (χ1n) is 4.71. The highest BCUT2D eigenvalue weighted by Gasteiger charge is 2.34. The smallest absolute Gasteiger partial charge is 0.323 e. The maximum atomic E-state index is 11.3. The summed E-state index contributed by atoms with van der Waals surface area (Å²) in [4.78, 5) is 23.0. The average Bonchev–Trinajstić information content (AvgIpc) is 2.77. The van der Waals surface area contributed by atoms with Crippen molar-refractivity contribution in [2.45, 2.75) is 13.3 Å². The summed E-state index contributed by atoms with van der Waals surface area (Å²) in [5.74, 6) is 0.270. The third kappa shape index (κ3) is 3.24. The minimum Gasteiger partial charge on any atom is -0.480 e. The summed E-state index contributed by atoms with van der Waals surface area (Å²) < 4.78 is 0. The Bertz CT molecular complexity index is 242. The predicted molar refractivity (Wildman–Crippen MR) is 50.9 cm³/mol. The molecule has 1 aliphatic carbocycles. The number of nitrogens with zero attached hydrogens (tertiary/aromatic N) is 1. The van der Waals surface area contributed by atoms with Crippen molar-refractivity contribution in [3.63, 3.8) is 0 Å². The summed E-state index contributed by atoms with van der Waals surface area (Å²) in [6.07, 6.45) is 1.16. The Morgan fingerprint density at radius 3 is 2.57 bits per heavy atom. The average molecular weight is 200 g/mol. The number of carbonyl (C=O) groups is 2. The second-order valence-electron chi connectivity index (χ2n) is 3.91. The largest absolute Gasteiger partial charge is 0.480 e. The summed E-state index contributed by atoms with van der Waals surface area (Å²) in [7, 11) is 1.68. The van der Waals surface area contributed by atoms with Gasteiger partial charge in [-0.3, -0.25) is 4.79 Å². The fourth-order valence-electron chi connectivity index (χ4n) is 1.37. The van der Waals surface area contributed by atoms with E-state index in [2.05, 4.69) is 12.2 Å². The maximum Gasteiger partial charge on any atom is 0.323 e. The number of rotatable bonds is 4. The molecule has 2 amide bonds. The van der Waals surface area contributed by atoms with Crippen molar-refractivity contribution >= 4 is 12.0 Å². The quantitative estimate of drug-likeness (QED) is 0.688. The number of carboxylic acid groups (broad SMARTS) is 1. The number of carboxylic acids is 1. The molecule has 14 heavy (non-hydrogen) atoms. The van der Waals surface area contributed by atoms with Gasteiger partial charge in [0.25, 0.3) is 0 Å². The fraction of sp³-hybridized carbons (Fsp3) is 0.778. The first kappa shape index (κ1) is 10.8. The molecule has 0 aromatic rings. The Kier molecular flexibility index (Phi) is 3.33. The van der Waals surface area contributed by atoms with Crippen molar-refractivity contribution in [3.8, 4) is 0 Å². The van der Waals surface area contributed by atoms with Gasteiger partial charge in [-0.15, -0.1) is 0 Å². The maximum absolute atomic E-state index is 11.3. The van der Waals surface area contributed by atoms with Gasteiger partial charge in [-0.2, -0.15) is 0 Å². The van der Waals surface area contributed by atoms with Gasteiger partial charge in [-0.25, -0.2) is 4.79 Å². The van der Waals surface area contributed by atoms with Gasteiger partial charge in [0.1, 0.15) is 6.54 Å². The van der Waals surface area contributed by atoms with Gasteiger partial charge in [-0.05, 0) is 18.3 Å². The second kappa shape index (κ2) is 4.30. The number of amides is 2. The van der Waals surface area contributed by atoms with Gasteiger partial charge in [0.05, 0.1) is 0 Å². The van der Waals surface area contributed by atoms with Gasteiger partial charge < -0.3 is 15.3 Å². The highest BCUT2D eigenvalue weighted by molar-refractivity contribution is 5.79. The summed E-state index contributed by atoms with van der Waals surface area (Å²) in [6, 6.07) is -0.313. The molecule has 5 nitrogen and oxygen atoms in total. The first-order valence-corrected chi connectivity index (χ1v) is 4.71. The van der Waals surface area contributed by atoms with Crippen LogP contribution in [0.3, 0.4) is 0 Å². The molecule has 2 unspecified atom stereocenters. The van der Waals surface area contributed by atoms with Crippen LogP contribution in [0.25, 0.3) is 0 Å². The summed E-state index contributed by atoms with van der Waals surface area (Å²) >= 11 is 0. The first-order chi connectivity index (χ1) is 6.50. The number of nitrogens with one attached hydrogen (secondary N) is 1. The molecule has 0 heterocycles. The minimum atomic E-state index is -1.02. The van der Waals surface area contributed by atoms with E-state index in [1.54, 1.807) is 7.05 Å². The van der Waals surface area contributed by atoms with E-state index < -0.39 is 5.97 Å². The Morgan fingerprint density at radius 2 is 2.14 bits per heavy atom. The molecule has 2 N–H and O–H groups in total. The van der Waals surface area contributed by atoms with E-state index in [9.17, 15) is 9.59 Å². The van der Waals surface area contributed by atoms with E-state index in [1.165, 1.54) is 4.90 Å². The zero-order valence-electron chi connectivity index (χ0n) is 8.49. The Morgan fingerprint density at radius 1 is 1.57 bits per heavy atom. The van der Waals surface area contributed by atoms with Crippen LogP contribution in [0.2, 0.25) is 0 Å². The van der Waals surface area contributed by atoms with E-state index >= 15 is 0 Å². The van der Waals surface area contributed by atoms with Gasteiger partial charge in [0.2, 0.25) is 0 Å². The van der Waals surface area contributed by atoms with E-state index in [0.29, 0.717) is 18.4 Å². The third-order valence-corrected chi connectivity index (χ3v) is 2.52. The third-order valence-electron chi connectivity index (χ3n) is 2.52. The van der Waals surface area contributed by atoms with Crippen molar-refractivity contribution in [1.29, 1.82) is 0 Å². The molecule has 1 fully saturated rings. The van der Waals surface area contributed by atoms with Crippen LogP contribution in [0.1, 0.15) is 13.3 Å². The molecule has 2 atom stereocenters. The molecular weight excluding hydrogens is 184 g/mol. The van der Waals surface area contributed by atoms with E-state index in [1.807, 2.05) is 0 Å².